The van der Waals surface area contributed by atoms with Gasteiger partial charge in [-0.15, -0.1) is 0 Å². The van der Waals surface area contributed by atoms with Crippen molar-refractivity contribution in [3.63, 3.8) is 0 Å². The van der Waals surface area contributed by atoms with Crippen molar-refractivity contribution >= 4 is 18.0 Å². The molecule has 0 aliphatic heterocycles. The van der Waals surface area contributed by atoms with Crippen molar-refractivity contribution in [1.82, 2.24) is 5.43 Å². The molecule has 0 aliphatic rings. The van der Waals surface area contributed by atoms with Crippen LogP contribution in [0.2, 0.25) is 0 Å². The van der Waals surface area contributed by atoms with E-state index >= 15 is 0 Å². The van der Waals surface area contributed by atoms with Gasteiger partial charge in [-0.05, 0) is 6.92 Å². The summed E-state index contributed by atoms with van der Waals surface area (Å²) in [6.07, 6.45) is 0.510. The highest BCUT2D eigenvalue weighted by molar-refractivity contribution is 6.27. The molecule has 0 saturated heterocycles. The Labute approximate surface area is 51.9 Å². The van der Waals surface area contributed by atoms with Gasteiger partial charge in [0.25, 0.3) is 0 Å². The first-order valence-corrected chi connectivity index (χ1v) is 2.21. The molecule has 0 radical (unpaired) electrons. The number of aldehydes is 1. The Kier molecular flexibility index (Phi) is 3.04. The Morgan fingerprint density at radius 2 is 2.33 bits per heavy atom. The number of carbonyl (C=O) groups is 2. The summed E-state index contributed by atoms with van der Waals surface area (Å²) in [6, 6.07) is -0.781. The molecule has 0 aromatic carbocycles. The standard InChI is InChI=1S/C4H7N3O2/c1-3(2-8)6-7-4(5)9/h2H,1H3,(H3,5,7,9)/b6-3-. The molecular weight excluding hydrogens is 122 g/mol. The fourth-order valence-electron chi connectivity index (χ4n) is 0.170. The molecule has 9 heavy (non-hydrogen) atoms. The molecule has 5 heteroatoms. The maximum atomic E-state index is 9.91. The van der Waals surface area contributed by atoms with E-state index in [1.807, 2.05) is 5.43 Å². The molecule has 0 spiro atoms. The lowest BCUT2D eigenvalue weighted by molar-refractivity contribution is -0.102. The minimum atomic E-state index is -0.781. The quantitative estimate of drug-likeness (QED) is 0.291. The summed E-state index contributed by atoms with van der Waals surface area (Å²) in [6.45, 7) is 1.45. The number of nitrogens with one attached hydrogen (secondary N) is 1. The van der Waals surface area contributed by atoms with Crippen LogP contribution < -0.4 is 11.2 Å². The summed E-state index contributed by atoms with van der Waals surface area (Å²) in [5, 5.41) is 3.27. The number of primary amides is 1. The van der Waals surface area contributed by atoms with Crippen molar-refractivity contribution < 1.29 is 9.59 Å². The minimum absolute atomic E-state index is 0.175. The van der Waals surface area contributed by atoms with E-state index in [0.717, 1.165) is 0 Å². The van der Waals surface area contributed by atoms with Crippen LogP contribution in [0.4, 0.5) is 4.79 Å². The average Bonchev–Trinajstić information content (AvgIpc) is 1.83. The van der Waals surface area contributed by atoms with Crippen LogP contribution in [0, 0.1) is 0 Å². The van der Waals surface area contributed by atoms with Gasteiger partial charge < -0.3 is 5.73 Å². The van der Waals surface area contributed by atoms with Crippen LogP contribution in [0.1, 0.15) is 6.92 Å². The van der Waals surface area contributed by atoms with Crippen molar-refractivity contribution in [2.45, 2.75) is 6.92 Å². The normalized spacial score (nSPS) is 10.6. The zero-order valence-electron chi connectivity index (χ0n) is 4.92. The Morgan fingerprint density at radius 3 is 2.67 bits per heavy atom. The third-order valence-electron chi connectivity index (χ3n) is 0.513. The second-order valence-electron chi connectivity index (χ2n) is 1.35. The van der Waals surface area contributed by atoms with Crippen LogP contribution in [0.15, 0.2) is 5.10 Å². The fourth-order valence-corrected chi connectivity index (χ4v) is 0.170. The van der Waals surface area contributed by atoms with Gasteiger partial charge in [0, 0.05) is 0 Å². The summed E-state index contributed by atoms with van der Waals surface area (Å²) in [5.41, 5.74) is 6.69. The molecule has 3 N–H and O–H groups in total. The monoisotopic (exact) mass is 129 g/mol. The zero-order valence-corrected chi connectivity index (χ0v) is 4.92. The molecule has 0 aromatic heterocycles. The van der Waals surface area contributed by atoms with E-state index in [1.54, 1.807) is 0 Å². The van der Waals surface area contributed by atoms with Gasteiger partial charge in [0.15, 0.2) is 6.29 Å². The SMILES string of the molecule is C/C(C=O)=N/NC(N)=O. The predicted molar refractivity (Wildman–Crippen MR) is 31.9 cm³/mol. The number of hydrogen-bond acceptors (Lipinski definition) is 3. The summed E-state index contributed by atoms with van der Waals surface area (Å²) in [7, 11) is 0. The van der Waals surface area contributed by atoms with E-state index in [-0.39, 0.29) is 5.71 Å². The average molecular weight is 129 g/mol. The molecule has 0 aromatic rings. The molecule has 50 valence electrons. The molecular formula is C4H7N3O2. The van der Waals surface area contributed by atoms with Crippen LogP contribution in [0.3, 0.4) is 0 Å². The number of hydrazone groups is 1. The fraction of sp³-hybridized carbons (Fsp3) is 0.250. The van der Waals surface area contributed by atoms with Crippen LogP contribution >= 0.6 is 0 Å². The molecule has 0 atom stereocenters. The minimum Gasteiger partial charge on any atom is -0.350 e. The first kappa shape index (κ1) is 7.61. The zero-order chi connectivity index (χ0) is 7.28. The number of carbonyl (C=O) groups excluding carboxylic acids is 2. The van der Waals surface area contributed by atoms with Crippen LogP contribution in [0.25, 0.3) is 0 Å². The molecule has 0 fully saturated rings. The second-order valence-corrected chi connectivity index (χ2v) is 1.35. The van der Waals surface area contributed by atoms with Crippen molar-refractivity contribution in [1.29, 1.82) is 0 Å². The number of nitrogens with zero attached hydrogens (tertiary/aromatic N) is 1. The summed E-state index contributed by atoms with van der Waals surface area (Å²) < 4.78 is 0. The second kappa shape index (κ2) is 3.59. The number of amides is 2. The van der Waals surface area contributed by atoms with Gasteiger partial charge in [-0.1, -0.05) is 0 Å². The molecule has 0 unspecified atom stereocenters. The van der Waals surface area contributed by atoms with Gasteiger partial charge in [-0.25, -0.2) is 10.2 Å². The molecule has 0 bridgehead atoms. The van der Waals surface area contributed by atoms with E-state index in [1.165, 1.54) is 6.92 Å². The summed E-state index contributed by atoms with van der Waals surface area (Å²) >= 11 is 0. The van der Waals surface area contributed by atoms with E-state index < -0.39 is 6.03 Å². The van der Waals surface area contributed by atoms with Gasteiger partial charge in [0.05, 0.1) is 5.71 Å². The summed E-state index contributed by atoms with van der Waals surface area (Å²) in [5.74, 6) is 0. The number of rotatable bonds is 2. The lowest BCUT2D eigenvalue weighted by atomic mass is 10.5. The largest absolute Gasteiger partial charge is 0.350 e. The lowest BCUT2D eigenvalue weighted by Gasteiger charge is -1.89. The van der Waals surface area contributed by atoms with E-state index in [9.17, 15) is 9.59 Å². The van der Waals surface area contributed by atoms with Crippen molar-refractivity contribution in [3.05, 3.63) is 0 Å². The van der Waals surface area contributed by atoms with Crippen LogP contribution in [0.5, 0.6) is 0 Å². The molecule has 0 saturated carbocycles. The van der Waals surface area contributed by atoms with Gasteiger partial charge in [0.1, 0.15) is 0 Å². The van der Waals surface area contributed by atoms with Crippen molar-refractivity contribution in [2.24, 2.45) is 10.8 Å². The van der Waals surface area contributed by atoms with Gasteiger partial charge in [-0.3, -0.25) is 4.79 Å². The van der Waals surface area contributed by atoms with Crippen LogP contribution in [-0.2, 0) is 4.79 Å². The van der Waals surface area contributed by atoms with E-state index in [2.05, 4.69) is 10.8 Å². The lowest BCUT2D eigenvalue weighted by Crippen LogP contribution is -2.25. The maximum Gasteiger partial charge on any atom is 0.332 e. The van der Waals surface area contributed by atoms with Gasteiger partial charge >= 0.3 is 6.03 Å². The highest BCUT2D eigenvalue weighted by Crippen LogP contribution is 1.65. The Hall–Kier alpha value is -1.39. The van der Waals surface area contributed by atoms with E-state index in [4.69, 9.17) is 0 Å². The molecule has 0 rings (SSSR count). The Morgan fingerprint density at radius 1 is 1.78 bits per heavy atom. The van der Waals surface area contributed by atoms with Crippen molar-refractivity contribution in [2.75, 3.05) is 0 Å². The Balaban J connectivity index is 3.69. The highest BCUT2D eigenvalue weighted by Gasteiger charge is 1.86. The predicted octanol–water partition coefficient (Wildman–Crippen LogP) is -0.770. The van der Waals surface area contributed by atoms with Gasteiger partial charge in [0.2, 0.25) is 0 Å². The molecule has 0 heterocycles. The maximum absolute atomic E-state index is 9.91. The highest BCUT2D eigenvalue weighted by atomic mass is 16.2. The van der Waals surface area contributed by atoms with Gasteiger partial charge in [-0.2, -0.15) is 5.10 Å². The third kappa shape index (κ3) is 4.46. The molecule has 2 amide bonds. The molecule has 0 aliphatic carbocycles. The topological polar surface area (TPSA) is 84.6 Å². The smallest absolute Gasteiger partial charge is 0.332 e. The third-order valence-corrected chi connectivity index (χ3v) is 0.513. The van der Waals surface area contributed by atoms with Crippen molar-refractivity contribution in [3.8, 4) is 0 Å². The number of nitrogens with two attached hydrogens (primary N) is 1. The molecule has 5 nitrogen and oxygen atoms in total. The van der Waals surface area contributed by atoms with E-state index in [0.29, 0.717) is 6.29 Å². The van der Waals surface area contributed by atoms with Crippen LogP contribution in [-0.4, -0.2) is 18.0 Å². The Bertz CT molecular complexity index is 152. The first-order valence-electron chi connectivity index (χ1n) is 2.21. The first-order chi connectivity index (χ1) is 4.16. The number of hydrogen-bond donors (Lipinski definition) is 2. The summed E-state index contributed by atoms with van der Waals surface area (Å²) in [4.78, 5) is 19.7. The number of urea groups is 1.